The summed E-state index contributed by atoms with van der Waals surface area (Å²) >= 11 is 0. The first-order chi connectivity index (χ1) is 13.0. The average molecular weight is 370 g/mol. The van der Waals surface area contributed by atoms with Crippen molar-refractivity contribution in [3.63, 3.8) is 0 Å². The van der Waals surface area contributed by atoms with Gasteiger partial charge >= 0.3 is 5.97 Å². The highest BCUT2D eigenvalue weighted by molar-refractivity contribution is 5.86. The monoisotopic (exact) mass is 370 g/mol. The minimum atomic E-state index is -0.424. The molecule has 0 saturated carbocycles. The van der Waals surface area contributed by atoms with Crippen LogP contribution in [0.25, 0.3) is 11.1 Å². The van der Waals surface area contributed by atoms with Crippen LogP contribution in [0.1, 0.15) is 37.0 Å². The number of aliphatic hydroxyl groups is 1. The molecule has 0 bridgehead atoms. The third-order valence-electron chi connectivity index (χ3n) is 4.42. The Morgan fingerprint density at radius 3 is 2.52 bits per heavy atom. The number of carbonyl (C=O) groups is 1. The van der Waals surface area contributed by atoms with Crippen molar-refractivity contribution in [2.45, 2.75) is 39.5 Å². The van der Waals surface area contributed by atoms with Gasteiger partial charge in [0.15, 0.2) is 0 Å². The van der Waals surface area contributed by atoms with Crippen LogP contribution in [0.3, 0.4) is 0 Å². The zero-order chi connectivity index (χ0) is 19.8. The Morgan fingerprint density at radius 1 is 1.11 bits per heavy atom. The fourth-order valence-electron chi connectivity index (χ4n) is 3.00. The molecule has 0 heterocycles. The van der Waals surface area contributed by atoms with Gasteiger partial charge in [0.2, 0.25) is 0 Å². The number of aliphatic hydroxyl groups excluding tert-OH is 1. The van der Waals surface area contributed by atoms with Crippen LogP contribution in [0.2, 0.25) is 0 Å². The van der Waals surface area contributed by atoms with Crippen LogP contribution in [0.15, 0.2) is 48.6 Å². The molecule has 0 fully saturated rings. The van der Waals surface area contributed by atoms with Gasteiger partial charge in [0.25, 0.3) is 0 Å². The summed E-state index contributed by atoms with van der Waals surface area (Å²) in [6, 6.07) is 11.0. The van der Waals surface area contributed by atoms with Gasteiger partial charge in [-0.2, -0.15) is 0 Å². The number of rotatable bonds is 9. The van der Waals surface area contributed by atoms with E-state index >= 15 is 0 Å². The first-order valence-electron chi connectivity index (χ1n) is 9.30. The minimum Gasteiger partial charge on any atom is -0.462 e. The molecule has 0 aliphatic carbocycles. The number of ether oxygens (including phenoxy) is 1. The van der Waals surface area contributed by atoms with Crippen LogP contribution in [0.4, 0.5) is 4.39 Å². The summed E-state index contributed by atoms with van der Waals surface area (Å²) in [6.07, 6.45) is 2.83. The Bertz CT molecular complexity index is 811. The molecule has 4 heteroatoms. The predicted molar refractivity (Wildman–Crippen MR) is 106 cm³/mol. The van der Waals surface area contributed by atoms with Gasteiger partial charge in [-0.3, -0.25) is 0 Å². The summed E-state index contributed by atoms with van der Waals surface area (Å²) in [5.41, 5.74) is 4.57. The lowest BCUT2D eigenvalue weighted by molar-refractivity contribution is -0.138. The van der Waals surface area contributed by atoms with Crippen LogP contribution in [-0.2, 0) is 28.8 Å². The van der Waals surface area contributed by atoms with E-state index in [0.29, 0.717) is 24.0 Å². The van der Waals surface area contributed by atoms with Crippen LogP contribution in [-0.4, -0.2) is 24.3 Å². The van der Waals surface area contributed by atoms with Crippen molar-refractivity contribution in [1.29, 1.82) is 0 Å². The zero-order valence-corrected chi connectivity index (χ0v) is 16.1. The van der Waals surface area contributed by atoms with E-state index in [0.717, 1.165) is 35.1 Å². The van der Waals surface area contributed by atoms with Gasteiger partial charge in [0, 0.05) is 24.2 Å². The molecular weight excluding hydrogens is 343 g/mol. The van der Waals surface area contributed by atoms with E-state index in [1.54, 1.807) is 13.0 Å². The summed E-state index contributed by atoms with van der Waals surface area (Å²) in [7, 11) is 0. The second-order valence-electron chi connectivity index (χ2n) is 6.69. The Balaban J connectivity index is 2.25. The third-order valence-corrected chi connectivity index (χ3v) is 4.42. The number of esters is 1. The Hall–Kier alpha value is -2.46. The van der Waals surface area contributed by atoms with Gasteiger partial charge in [-0.25, -0.2) is 9.18 Å². The van der Waals surface area contributed by atoms with Gasteiger partial charge < -0.3 is 9.84 Å². The number of hydrogen-bond acceptors (Lipinski definition) is 3. The molecule has 0 saturated heterocycles. The molecule has 27 heavy (non-hydrogen) atoms. The smallest absolute Gasteiger partial charge is 0.333 e. The van der Waals surface area contributed by atoms with Crippen LogP contribution in [0.5, 0.6) is 0 Å². The molecule has 0 atom stereocenters. The Kier molecular flexibility index (Phi) is 7.74. The molecule has 3 nitrogen and oxygen atoms in total. The molecule has 0 amide bonds. The number of hydrogen-bond donors (Lipinski definition) is 1. The van der Waals surface area contributed by atoms with Gasteiger partial charge in [0.1, 0.15) is 5.82 Å². The Labute approximate surface area is 160 Å². The lowest BCUT2D eigenvalue weighted by Gasteiger charge is -2.13. The molecular formula is C23H27FO3. The lowest BCUT2D eigenvalue weighted by Crippen LogP contribution is -2.09. The molecule has 2 aromatic carbocycles. The first kappa shape index (κ1) is 20.8. The highest BCUT2D eigenvalue weighted by Crippen LogP contribution is 2.27. The van der Waals surface area contributed by atoms with E-state index in [4.69, 9.17) is 4.74 Å². The van der Waals surface area contributed by atoms with Crippen LogP contribution >= 0.6 is 0 Å². The standard InChI is InChI=1S/C23H27FO3/c1-4-5-17-6-9-21(22(24)14-17)20-8-7-18(10-12-25)19(15-20)11-13-27-23(26)16(2)3/h6-9,14-15,25H,2,4-5,10-13H2,1,3H3. The van der Waals surface area contributed by atoms with Gasteiger partial charge in [0.05, 0.1) is 6.61 Å². The van der Waals surface area contributed by atoms with Crippen LogP contribution < -0.4 is 0 Å². The van der Waals surface area contributed by atoms with Crippen molar-refractivity contribution in [2.24, 2.45) is 0 Å². The fourth-order valence-corrected chi connectivity index (χ4v) is 3.00. The maximum atomic E-state index is 14.6. The van der Waals surface area contributed by atoms with Crippen molar-refractivity contribution in [1.82, 2.24) is 0 Å². The van der Waals surface area contributed by atoms with Crippen LogP contribution in [0, 0.1) is 5.82 Å². The second-order valence-corrected chi connectivity index (χ2v) is 6.69. The molecule has 0 aromatic heterocycles. The van der Waals surface area contributed by atoms with Gasteiger partial charge in [-0.1, -0.05) is 50.3 Å². The summed E-state index contributed by atoms with van der Waals surface area (Å²) in [5.74, 6) is -0.664. The topological polar surface area (TPSA) is 46.5 Å². The molecule has 0 aliphatic rings. The Morgan fingerprint density at radius 2 is 1.89 bits per heavy atom. The van der Waals surface area contributed by atoms with Gasteiger partial charge in [-0.05, 0) is 48.1 Å². The average Bonchev–Trinajstić information content (AvgIpc) is 2.63. The molecule has 0 aliphatic heterocycles. The molecule has 2 rings (SSSR count). The van der Waals surface area contributed by atoms with E-state index in [9.17, 15) is 14.3 Å². The second kappa shape index (κ2) is 10.0. The highest BCUT2D eigenvalue weighted by atomic mass is 19.1. The molecule has 2 aromatic rings. The van der Waals surface area contributed by atoms with Crippen molar-refractivity contribution >= 4 is 5.97 Å². The molecule has 144 valence electrons. The van der Waals surface area contributed by atoms with Crippen molar-refractivity contribution in [3.8, 4) is 11.1 Å². The summed E-state index contributed by atoms with van der Waals surface area (Å²) in [4.78, 5) is 11.6. The summed E-state index contributed by atoms with van der Waals surface area (Å²) in [6.45, 7) is 7.47. The molecule has 0 unspecified atom stereocenters. The highest BCUT2D eigenvalue weighted by Gasteiger charge is 2.11. The van der Waals surface area contributed by atoms with E-state index in [1.807, 2.05) is 30.3 Å². The van der Waals surface area contributed by atoms with Crippen molar-refractivity contribution in [3.05, 3.63) is 71.1 Å². The van der Waals surface area contributed by atoms with Crippen molar-refractivity contribution < 1.29 is 19.0 Å². The summed E-state index contributed by atoms with van der Waals surface area (Å²) in [5, 5.41) is 9.29. The third kappa shape index (κ3) is 5.76. The van der Waals surface area contributed by atoms with E-state index in [1.165, 1.54) is 0 Å². The molecule has 0 radical (unpaired) electrons. The number of aryl methyl sites for hydroxylation is 1. The maximum absolute atomic E-state index is 14.6. The maximum Gasteiger partial charge on any atom is 0.333 e. The van der Waals surface area contributed by atoms with Crippen molar-refractivity contribution in [2.75, 3.05) is 13.2 Å². The first-order valence-corrected chi connectivity index (χ1v) is 9.30. The predicted octanol–water partition coefficient (Wildman–Crippen LogP) is 4.64. The molecule has 1 N–H and O–H groups in total. The van der Waals surface area contributed by atoms with Gasteiger partial charge in [-0.15, -0.1) is 0 Å². The molecule has 0 spiro atoms. The number of halogens is 1. The SMILES string of the molecule is C=C(C)C(=O)OCCc1cc(-c2ccc(CCC)cc2F)ccc1CCO. The minimum absolute atomic E-state index is 0.0258. The largest absolute Gasteiger partial charge is 0.462 e. The quantitative estimate of drug-likeness (QED) is 0.517. The number of carbonyl (C=O) groups excluding carboxylic acids is 1. The number of benzene rings is 2. The van der Waals surface area contributed by atoms with E-state index in [2.05, 4.69) is 13.5 Å². The lowest BCUT2D eigenvalue weighted by atomic mass is 9.95. The van der Waals surface area contributed by atoms with E-state index < -0.39 is 5.97 Å². The zero-order valence-electron chi connectivity index (χ0n) is 16.1. The normalized spacial score (nSPS) is 10.7. The van der Waals surface area contributed by atoms with E-state index in [-0.39, 0.29) is 19.0 Å². The fraction of sp³-hybridized carbons (Fsp3) is 0.348. The summed E-state index contributed by atoms with van der Waals surface area (Å²) < 4.78 is 19.7.